The second-order valence-corrected chi connectivity index (χ2v) is 12.6. The second-order valence-electron chi connectivity index (χ2n) is 10.5. The molecule has 3 aliphatic rings. The summed E-state index contributed by atoms with van der Waals surface area (Å²) < 4.78 is 16.8. The van der Waals surface area contributed by atoms with Crippen molar-refractivity contribution < 1.29 is 14.2 Å². The Kier molecular flexibility index (Phi) is 8.71. The molecule has 0 aliphatic carbocycles. The topological polar surface area (TPSA) is 79.1 Å². The molecule has 0 radical (unpaired) electrons. The second kappa shape index (κ2) is 12.6. The summed E-state index contributed by atoms with van der Waals surface area (Å²) in [6, 6.07) is 16.9. The van der Waals surface area contributed by atoms with Gasteiger partial charge < -0.3 is 29.4 Å². The zero-order valence-corrected chi connectivity index (χ0v) is 24.6. The molecule has 2 saturated heterocycles. The first-order valence-electron chi connectivity index (χ1n) is 13.9. The minimum Gasteiger partial charge on any atom is -0.383 e. The molecule has 2 N–H and O–H groups in total. The molecule has 0 amide bonds. The highest BCUT2D eigenvalue weighted by molar-refractivity contribution is 8.05. The Morgan fingerprint density at radius 2 is 1.93 bits per heavy atom. The van der Waals surface area contributed by atoms with Crippen molar-refractivity contribution in [2.75, 3.05) is 76.5 Å². The Balaban J connectivity index is 1.21. The molecule has 212 valence electrons. The average molecular weight is 581 g/mol. The molecule has 8 nitrogen and oxygen atoms in total. The van der Waals surface area contributed by atoms with Crippen molar-refractivity contribution in [2.24, 2.45) is 0 Å². The van der Waals surface area contributed by atoms with Crippen molar-refractivity contribution in [3.63, 3.8) is 0 Å². The van der Waals surface area contributed by atoms with Crippen LogP contribution in [-0.4, -0.2) is 88.3 Å². The van der Waals surface area contributed by atoms with Gasteiger partial charge in [-0.15, -0.1) is 0 Å². The predicted octanol–water partition coefficient (Wildman–Crippen LogP) is 4.64. The van der Waals surface area contributed by atoms with Crippen LogP contribution in [0.4, 0.5) is 11.4 Å². The van der Waals surface area contributed by atoms with Crippen LogP contribution in [0, 0.1) is 0 Å². The van der Waals surface area contributed by atoms with Gasteiger partial charge in [-0.25, -0.2) is 0 Å². The number of nitrogens with zero attached hydrogens (tertiary/aromatic N) is 2. The highest BCUT2D eigenvalue weighted by Crippen LogP contribution is 2.52. The van der Waals surface area contributed by atoms with E-state index in [0.717, 1.165) is 62.0 Å². The molecule has 0 saturated carbocycles. The van der Waals surface area contributed by atoms with E-state index in [1.807, 2.05) is 0 Å². The molecule has 40 heavy (non-hydrogen) atoms. The molecule has 10 heteroatoms. The third-order valence-electron chi connectivity index (χ3n) is 7.39. The number of H-pyrrole nitrogens is 1. The van der Waals surface area contributed by atoms with E-state index in [2.05, 4.69) is 69.5 Å². The van der Waals surface area contributed by atoms with Crippen LogP contribution in [0.5, 0.6) is 0 Å². The molecule has 0 unspecified atom stereocenters. The first-order valence-corrected chi connectivity index (χ1v) is 15.5. The van der Waals surface area contributed by atoms with Gasteiger partial charge in [0.05, 0.1) is 44.3 Å². The quantitative estimate of drug-likeness (QED) is 0.310. The number of morpholine rings is 2. The van der Waals surface area contributed by atoms with Crippen molar-refractivity contribution in [3.05, 3.63) is 58.9 Å². The normalized spacial score (nSPS) is 20.1. The highest BCUT2D eigenvalue weighted by atomic mass is 32.2. The largest absolute Gasteiger partial charge is 0.383 e. The zero-order valence-electron chi connectivity index (χ0n) is 23.0. The smallest absolute Gasteiger partial charge is 0.250 e. The van der Waals surface area contributed by atoms with Crippen molar-refractivity contribution in [1.29, 1.82) is 0 Å². The monoisotopic (exact) mass is 580 g/mol. The lowest BCUT2D eigenvalue weighted by Gasteiger charge is -2.34. The molecule has 3 aliphatic heterocycles. The molecule has 2 fully saturated rings. The van der Waals surface area contributed by atoms with E-state index in [1.165, 1.54) is 19.6 Å². The van der Waals surface area contributed by atoms with Crippen LogP contribution in [0.1, 0.15) is 6.92 Å². The fourth-order valence-electron chi connectivity index (χ4n) is 5.53. The summed E-state index contributed by atoms with van der Waals surface area (Å²) >= 11 is 3.55. The number of nitrogens with one attached hydrogen (secondary N) is 2. The Labute approximate surface area is 243 Å². The van der Waals surface area contributed by atoms with Gasteiger partial charge in [-0.1, -0.05) is 35.7 Å². The summed E-state index contributed by atoms with van der Waals surface area (Å²) in [6.45, 7) is 9.30. The van der Waals surface area contributed by atoms with Gasteiger partial charge in [0, 0.05) is 82.4 Å². The third kappa shape index (κ3) is 6.37. The van der Waals surface area contributed by atoms with E-state index in [4.69, 9.17) is 14.2 Å². The van der Waals surface area contributed by atoms with Crippen molar-refractivity contribution in [3.8, 4) is 11.3 Å². The van der Waals surface area contributed by atoms with Crippen molar-refractivity contribution >= 4 is 34.9 Å². The predicted molar refractivity (Wildman–Crippen MR) is 161 cm³/mol. The number of methoxy groups -OCH3 is 1. The SMILES string of the molecule is COC[C@H](CN1CCO[C@H](C)C1)Nc1ccc2c(c1)Sc1cccc(-c3cc(N4CCOCC4)cc(=O)[nH]3)c1S2. The number of aromatic amines is 1. The number of pyridine rings is 1. The van der Waals surface area contributed by atoms with Gasteiger partial charge in [-0.05, 0) is 37.3 Å². The first kappa shape index (κ1) is 27.7. The van der Waals surface area contributed by atoms with E-state index in [9.17, 15) is 4.79 Å². The molecule has 1 aromatic heterocycles. The Bertz CT molecular complexity index is 1390. The van der Waals surface area contributed by atoms with Crippen LogP contribution < -0.4 is 15.8 Å². The summed E-state index contributed by atoms with van der Waals surface area (Å²) in [7, 11) is 1.76. The number of benzene rings is 2. The van der Waals surface area contributed by atoms with Crippen LogP contribution in [0.25, 0.3) is 11.3 Å². The number of rotatable bonds is 8. The van der Waals surface area contributed by atoms with Crippen LogP contribution in [0.2, 0.25) is 0 Å². The standard InChI is InChI=1S/C30H36N4O4S2/c1-20-17-33(8-13-38-20)18-22(19-36-2)31-21-6-7-26-28(14-21)39-27-5-3-4-24(30(27)40-26)25-15-23(16-29(35)32-25)34-9-11-37-12-10-34/h3-7,14-16,20,22,31H,8-13,17-19H2,1-2H3,(H,32,35)/t20-,22+/m1/s1. The van der Waals surface area contributed by atoms with E-state index in [0.29, 0.717) is 19.8 Å². The van der Waals surface area contributed by atoms with Crippen LogP contribution >= 0.6 is 23.5 Å². The maximum absolute atomic E-state index is 12.7. The fraction of sp³-hybridized carbons (Fsp3) is 0.433. The summed E-state index contributed by atoms with van der Waals surface area (Å²) in [6.07, 6.45) is 0.263. The number of aromatic nitrogens is 1. The number of hydrogen-bond donors (Lipinski definition) is 2. The molecule has 3 aromatic rings. The minimum absolute atomic E-state index is 0.0849. The van der Waals surface area contributed by atoms with Gasteiger partial charge in [0.1, 0.15) is 0 Å². The van der Waals surface area contributed by atoms with Gasteiger partial charge in [-0.2, -0.15) is 0 Å². The molecule has 4 heterocycles. The summed E-state index contributed by atoms with van der Waals surface area (Å²) in [5.74, 6) is 0. The van der Waals surface area contributed by atoms with E-state index in [1.54, 1.807) is 36.7 Å². The summed E-state index contributed by atoms with van der Waals surface area (Å²) in [5, 5.41) is 3.71. The number of anilines is 2. The van der Waals surface area contributed by atoms with E-state index >= 15 is 0 Å². The Morgan fingerprint density at radius 1 is 1.05 bits per heavy atom. The van der Waals surface area contributed by atoms with Crippen molar-refractivity contribution in [1.82, 2.24) is 9.88 Å². The number of hydrogen-bond acceptors (Lipinski definition) is 9. The van der Waals surface area contributed by atoms with Crippen LogP contribution in [0.15, 0.2) is 72.9 Å². The van der Waals surface area contributed by atoms with E-state index < -0.39 is 0 Å². The first-order chi connectivity index (χ1) is 19.6. The Hall–Kier alpha value is -2.47. The average Bonchev–Trinajstić information content (AvgIpc) is 2.96. The van der Waals surface area contributed by atoms with E-state index in [-0.39, 0.29) is 17.7 Å². The summed E-state index contributed by atoms with van der Waals surface area (Å²) in [4.78, 5) is 25.2. The summed E-state index contributed by atoms with van der Waals surface area (Å²) in [5.41, 5.74) is 3.85. The van der Waals surface area contributed by atoms with Gasteiger partial charge in [0.2, 0.25) is 5.56 Å². The highest BCUT2D eigenvalue weighted by Gasteiger charge is 2.24. The minimum atomic E-state index is -0.0849. The maximum atomic E-state index is 12.7. The fourth-order valence-corrected chi connectivity index (χ4v) is 7.94. The molecular weight excluding hydrogens is 544 g/mol. The molecule has 0 bridgehead atoms. The molecule has 6 rings (SSSR count). The number of ether oxygens (including phenoxy) is 3. The van der Waals surface area contributed by atoms with Gasteiger partial charge in [0.25, 0.3) is 0 Å². The lowest BCUT2D eigenvalue weighted by atomic mass is 10.1. The van der Waals surface area contributed by atoms with Gasteiger partial charge in [-0.3, -0.25) is 9.69 Å². The van der Waals surface area contributed by atoms with Crippen molar-refractivity contribution in [2.45, 2.75) is 38.7 Å². The lowest BCUT2D eigenvalue weighted by molar-refractivity contribution is -0.0213. The molecule has 0 spiro atoms. The van der Waals surface area contributed by atoms with Gasteiger partial charge in [0.15, 0.2) is 0 Å². The molecule has 2 aromatic carbocycles. The maximum Gasteiger partial charge on any atom is 0.250 e. The Morgan fingerprint density at radius 3 is 2.75 bits per heavy atom. The molecule has 2 atom stereocenters. The molecular formula is C30H36N4O4S2. The lowest BCUT2D eigenvalue weighted by Crippen LogP contribution is -2.47. The van der Waals surface area contributed by atoms with Crippen LogP contribution in [0.3, 0.4) is 0 Å². The van der Waals surface area contributed by atoms with Gasteiger partial charge >= 0.3 is 0 Å². The number of fused-ring (bicyclic) bond motifs is 2. The van der Waals surface area contributed by atoms with Crippen LogP contribution in [-0.2, 0) is 14.2 Å². The zero-order chi connectivity index (χ0) is 27.5. The third-order valence-corrected chi connectivity index (χ3v) is 9.99.